The summed E-state index contributed by atoms with van der Waals surface area (Å²) in [6.07, 6.45) is 1.29. The van der Waals surface area contributed by atoms with Gasteiger partial charge in [-0.05, 0) is 30.3 Å². The van der Waals surface area contributed by atoms with E-state index in [4.69, 9.17) is 15.3 Å². The van der Waals surface area contributed by atoms with Crippen molar-refractivity contribution in [1.82, 2.24) is 0 Å². The first-order valence-electron chi connectivity index (χ1n) is 5.28. The number of aromatic hydroxyl groups is 3. The van der Waals surface area contributed by atoms with Crippen molar-refractivity contribution in [2.75, 3.05) is 0 Å². The van der Waals surface area contributed by atoms with Gasteiger partial charge in [-0.3, -0.25) is 9.59 Å². The van der Waals surface area contributed by atoms with Crippen molar-refractivity contribution < 1.29 is 24.9 Å². The molecule has 0 unspecified atom stereocenters. The molecular weight excluding hydrogens is 248 g/mol. The first-order chi connectivity index (χ1) is 9.06. The molecule has 2 rings (SSSR count). The Morgan fingerprint density at radius 1 is 0.737 bits per heavy atom. The molecule has 98 valence electrons. The second-order valence-corrected chi connectivity index (χ2v) is 3.58. The summed E-state index contributed by atoms with van der Waals surface area (Å²) in [6.45, 7) is 0. The zero-order chi connectivity index (χ0) is 14.3. The summed E-state index contributed by atoms with van der Waals surface area (Å²) in [5.41, 5.74) is 0.838. The number of phenols is 3. The van der Waals surface area contributed by atoms with Gasteiger partial charge in [0, 0.05) is 11.1 Å². The van der Waals surface area contributed by atoms with Gasteiger partial charge < -0.3 is 15.3 Å². The number of rotatable bonds is 2. The van der Waals surface area contributed by atoms with E-state index in [0.29, 0.717) is 23.7 Å². The Morgan fingerprint density at radius 2 is 1.37 bits per heavy atom. The van der Waals surface area contributed by atoms with Gasteiger partial charge in [-0.1, -0.05) is 12.1 Å². The maximum absolute atomic E-state index is 10.1. The molecule has 0 spiro atoms. The first kappa shape index (κ1) is 14.2. The lowest BCUT2D eigenvalue weighted by molar-refractivity contribution is 0.111. The standard InChI is InChI=1S/C7H6O3.C7H6O2/c8-4-5-1-2-6(9)7(10)3-5;8-5-6-2-1-3-7(9)4-6/h1-4,9-10H;1-5,9H. The Hall–Kier alpha value is -2.82. The van der Waals surface area contributed by atoms with Crippen LogP contribution in [-0.4, -0.2) is 27.9 Å². The van der Waals surface area contributed by atoms with E-state index in [2.05, 4.69) is 0 Å². The Bertz CT molecular complexity index is 578. The molecule has 19 heavy (non-hydrogen) atoms. The predicted molar refractivity (Wildman–Crippen MR) is 68.7 cm³/mol. The lowest BCUT2D eigenvalue weighted by Crippen LogP contribution is -1.77. The summed E-state index contributed by atoms with van der Waals surface area (Å²) in [4.78, 5) is 20.1. The highest BCUT2D eigenvalue weighted by atomic mass is 16.3. The van der Waals surface area contributed by atoms with Crippen molar-refractivity contribution in [3.05, 3.63) is 53.6 Å². The smallest absolute Gasteiger partial charge is 0.158 e. The van der Waals surface area contributed by atoms with E-state index in [0.717, 1.165) is 0 Å². The molecule has 2 aromatic rings. The summed E-state index contributed by atoms with van der Waals surface area (Å²) in [7, 11) is 0. The van der Waals surface area contributed by atoms with Gasteiger partial charge in [-0.2, -0.15) is 0 Å². The second-order valence-electron chi connectivity index (χ2n) is 3.58. The average Bonchev–Trinajstić information content (AvgIpc) is 2.42. The second kappa shape index (κ2) is 6.80. The molecule has 0 aromatic heterocycles. The monoisotopic (exact) mass is 260 g/mol. The van der Waals surface area contributed by atoms with Crippen LogP contribution in [0.1, 0.15) is 20.7 Å². The van der Waals surface area contributed by atoms with E-state index in [1.807, 2.05) is 0 Å². The summed E-state index contributed by atoms with van der Waals surface area (Å²) >= 11 is 0. The first-order valence-corrected chi connectivity index (χ1v) is 5.28. The molecule has 0 aliphatic rings. The van der Waals surface area contributed by atoms with Crippen LogP contribution in [0.3, 0.4) is 0 Å². The Morgan fingerprint density at radius 3 is 1.84 bits per heavy atom. The SMILES string of the molecule is O=Cc1ccc(O)c(O)c1.O=Cc1cccc(O)c1. The molecule has 0 saturated carbocycles. The maximum atomic E-state index is 10.1. The van der Waals surface area contributed by atoms with Crippen LogP contribution < -0.4 is 0 Å². The van der Waals surface area contributed by atoms with Crippen LogP contribution in [0.2, 0.25) is 0 Å². The largest absolute Gasteiger partial charge is 0.508 e. The van der Waals surface area contributed by atoms with Crippen LogP contribution in [0.4, 0.5) is 0 Å². The third kappa shape index (κ3) is 4.51. The van der Waals surface area contributed by atoms with Crippen LogP contribution in [0.15, 0.2) is 42.5 Å². The van der Waals surface area contributed by atoms with Gasteiger partial charge in [0.1, 0.15) is 18.3 Å². The van der Waals surface area contributed by atoms with Crippen LogP contribution in [0.5, 0.6) is 17.2 Å². The van der Waals surface area contributed by atoms with Crippen LogP contribution in [0, 0.1) is 0 Å². The zero-order valence-corrected chi connectivity index (χ0v) is 9.85. The minimum absolute atomic E-state index is 0.125. The molecule has 0 saturated heterocycles. The Balaban J connectivity index is 0.000000191. The minimum Gasteiger partial charge on any atom is -0.508 e. The Kier molecular flexibility index (Phi) is 5.10. The van der Waals surface area contributed by atoms with E-state index in [9.17, 15) is 9.59 Å². The van der Waals surface area contributed by atoms with E-state index in [-0.39, 0.29) is 17.2 Å². The number of aldehydes is 2. The topological polar surface area (TPSA) is 94.8 Å². The summed E-state index contributed by atoms with van der Waals surface area (Å²) in [5, 5.41) is 26.4. The lowest BCUT2D eigenvalue weighted by Gasteiger charge is -1.95. The number of carbonyl (C=O) groups excluding carboxylic acids is 2. The van der Waals surface area contributed by atoms with Gasteiger partial charge in [0.25, 0.3) is 0 Å². The van der Waals surface area contributed by atoms with Crippen molar-refractivity contribution in [1.29, 1.82) is 0 Å². The van der Waals surface area contributed by atoms with Gasteiger partial charge in [-0.15, -0.1) is 0 Å². The molecule has 0 amide bonds. The number of carbonyl (C=O) groups is 2. The molecule has 5 nitrogen and oxygen atoms in total. The van der Waals surface area contributed by atoms with Gasteiger partial charge in [0.15, 0.2) is 11.5 Å². The molecule has 0 radical (unpaired) electrons. The molecule has 0 aliphatic carbocycles. The van der Waals surface area contributed by atoms with Gasteiger partial charge in [0.2, 0.25) is 0 Å². The van der Waals surface area contributed by atoms with E-state index in [1.54, 1.807) is 12.1 Å². The quantitative estimate of drug-likeness (QED) is 0.568. The van der Waals surface area contributed by atoms with Crippen LogP contribution in [0.25, 0.3) is 0 Å². The molecule has 0 aliphatic heterocycles. The third-order valence-electron chi connectivity index (χ3n) is 2.14. The van der Waals surface area contributed by atoms with E-state index < -0.39 is 0 Å². The molecular formula is C14H12O5. The summed E-state index contributed by atoms with van der Waals surface area (Å²) < 4.78 is 0. The summed E-state index contributed by atoms with van der Waals surface area (Å²) in [5.74, 6) is -0.366. The van der Waals surface area contributed by atoms with E-state index in [1.165, 1.54) is 30.3 Å². The molecule has 0 atom stereocenters. The highest BCUT2D eigenvalue weighted by Crippen LogP contribution is 2.23. The highest BCUT2D eigenvalue weighted by molar-refractivity contribution is 5.76. The Labute approximate surface area is 109 Å². The average molecular weight is 260 g/mol. The van der Waals surface area contributed by atoms with Crippen molar-refractivity contribution in [2.45, 2.75) is 0 Å². The van der Waals surface area contributed by atoms with Gasteiger partial charge in [-0.25, -0.2) is 0 Å². The van der Waals surface area contributed by atoms with E-state index >= 15 is 0 Å². The van der Waals surface area contributed by atoms with Gasteiger partial charge in [0.05, 0.1) is 0 Å². The maximum Gasteiger partial charge on any atom is 0.158 e. The van der Waals surface area contributed by atoms with Crippen molar-refractivity contribution >= 4 is 12.6 Å². The van der Waals surface area contributed by atoms with Gasteiger partial charge >= 0.3 is 0 Å². The molecule has 0 fully saturated rings. The molecule has 3 N–H and O–H groups in total. The molecule has 2 aromatic carbocycles. The molecule has 5 heteroatoms. The fourth-order valence-corrected chi connectivity index (χ4v) is 1.21. The summed E-state index contributed by atoms with van der Waals surface area (Å²) in [6, 6.07) is 10.1. The van der Waals surface area contributed by atoms with Crippen LogP contribution >= 0.6 is 0 Å². The minimum atomic E-state index is -0.274. The number of benzene rings is 2. The third-order valence-corrected chi connectivity index (χ3v) is 2.14. The number of hydrogen-bond acceptors (Lipinski definition) is 5. The normalized spacial score (nSPS) is 9.05. The van der Waals surface area contributed by atoms with Crippen molar-refractivity contribution in [2.24, 2.45) is 0 Å². The van der Waals surface area contributed by atoms with Crippen molar-refractivity contribution in [3.8, 4) is 17.2 Å². The fourth-order valence-electron chi connectivity index (χ4n) is 1.21. The molecule has 0 heterocycles. The fraction of sp³-hybridized carbons (Fsp3) is 0. The zero-order valence-electron chi connectivity index (χ0n) is 9.85. The highest BCUT2D eigenvalue weighted by Gasteiger charge is 1.97. The number of phenolic OH excluding ortho intramolecular Hbond substituents is 3. The van der Waals surface area contributed by atoms with Crippen LogP contribution in [-0.2, 0) is 0 Å². The van der Waals surface area contributed by atoms with Crippen molar-refractivity contribution in [3.63, 3.8) is 0 Å². The molecule has 0 bridgehead atoms. The lowest BCUT2D eigenvalue weighted by atomic mass is 10.2. The predicted octanol–water partition coefficient (Wildman–Crippen LogP) is 2.12. The number of hydrogen-bond donors (Lipinski definition) is 3.